The summed E-state index contributed by atoms with van der Waals surface area (Å²) in [6.45, 7) is 7.86. The van der Waals surface area contributed by atoms with Crippen molar-refractivity contribution in [2.45, 2.75) is 96.7 Å². The van der Waals surface area contributed by atoms with Gasteiger partial charge in [-0.05, 0) is 76.5 Å². The Morgan fingerprint density at radius 3 is 2.38 bits per heavy atom. The first-order valence-corrected chi connectivity index (χ1v) is 20.0. The highest BCUT2D eigenvalue weighted by Crippen LogP contribution is 2.28. The Kier molecular flexibility index (Phi) is 15.7. The van der Waals surface area contributed by atoms with E-state index in [1.165, 1.54) is 6.07 Å². The van der Waals surface area contributed by atoms with Gasteiger partial charge in [0.1, 0.15) is 30.1 Å². The number of pyridine rings is 1. The number of unbranched alkanes of at least 4 members (excludes halogenated alkanes) is 1. The number of hydrogen-bond donors (Lipinski definition) is 2. The number of benzene rings is 1. The summed E-state index contributed by atoms with van der Waals surface area (Å²) in [4.78, 5) is 88.6. The van der Waals surface area contributed by atoms with Crippen molar-refractivity contribution in [1.82, 2.24) is 30.3 Å². The molecule has 1 aliphatic carbocycles. The van der Waals surface area contributed by atoms with E-state index in [4.69, 9.17) is 18.9 Å². The molecule has 5 rings (SSSR count). The Morgan fingerprint density at radius 1 is 0.893 bits per heavy atom. The second-order valence-electron chi connectivity index (χ2n) is 14.5. The molecule has 0 radical (unpaired) electrons. The van der Waals surface area contributed by atoms with E-state index in [9.17, 15) is 28.8 Å². The van der Waals surface area contributed by atoms with Crippen molar-refractivity contribution in [2.75, 3.05) is 65.8 Å². The van der Waals surface area contributed by atoms with Crippen LogP contribution in [0.1, 0.15) is 87.7 Å². The Balaban J connectivity index is 1.28. The number of ether oxygens (including phenoxy) is 4. The van der Waals surface area contributed by atoms with Crippen molar-refractivity contribution in [2.24, 2.45) is 0 Å². The first kappa shape index (κ1) is 42.2. The zero-order valence-electron chi connectivity index (χ0n) is 32.8. The van der Waals surface area contributed by atoms with Crippen LogP contribution in [0.5, 0.6) is 5.75 Å². The number of nitrogens with one attached hydrogen (secondary N) is 2. The van der Waals surface area contributed by atoms with Crippen LogP contribution in [0.3, 0.4) is 0 Å². The van der Waals surface area contributed by atoms with Gasteiger partial charge in [0.05, 0.1) is 18.7 Å². The highest BCUT2D eigenvalue weighted by atomic mass is 16.6. The van der Waals surface area contributed by atoms with Crippen LogP contribution < -0.4 is 15.4 Å². The maximum Gasteiger partial charge on any atom is 0.409 e. The maximum atomic E-state index is 13.9. The van der Waals surface area contributed by atoms with E-state index in [1.54, 1.807) is 26.8 Å². The van der Waals surface area contributed by atoms with Crippen molar-refractivity contribution < 1.29 is 47.7 Å². The first-order chi connectivity index (χ1) is 27.1. The van der Waals surface area contributed by atoms with E-state index >= 15 is 0 Å². The van der Waals surface area contributed by atoms with Gasteiger partial charge in [0, 0.05) is 63.2 Å². The predicted molar refractivity (Wildman–Crippen MR) is 205 cm³/mol. The van der Waals surface area contributed by atoms with Gasteiger partial charge >= 0.3 is 12.1 Å². The summed E-state index contributed by atoms with van der Waals surface area (Å²) >= 11 is 0. The molecule has 0 spiro atoms. The van der Waals surface area contributed by atoms with Crippen LogP contribution in [0.25, 0.3) is 10.9 Å². The molecule has 3 heterocycles. The number of likely N-dealkylation sites (tertiary alicyclic amines) is 1. The fraction of sp³-hybridized carbons (Fsp3) is 0.625. The predicted octanol–water partition coefficient (Wildman–Crippen LogP) is 3.12. The summed E-state index contributed by atoms with van der Waals surface area (Å²) in [5.74, 6) is -1.88. The molecule has 16 nitrogen and oxygen atoms in total. The number of rotatable bonds is 18. The monoisotopic (exact) mass is 780 g/mol. The fourth-order valence-corrected chi connectivity index (χ4v) is 6.86. The topological polar surface area (TPSA) is 186 Å². The Bertz CT molecular complexity index is 1710. The second-order valence-corrected chi connectivity index (χ2v) is 14.5. The average molecular weight is 781 g/mol. The molecular weight excluding hydrogens is 724 g/mol. The third kappa shape index (κ3) is 11.5. The molecule has 2 aromatic rings. The third-order valence-electron chi connectivity index (χ3n) is 10.3. The minimum atomic E-state index is -1.12. The Morgan fingerprint density at radius 2 is 1.66 bits per heavy atom. The van der Waals surface area contributed by atoms with Crippen molar-refractivity contribution in [1.29, 1.82) is 0 Å². The number of nitrogens with zero attached hydrogens (tertiary/aromatic N) is 4. The van der Waals surface area contributed by atoms with Gasteiger partial charge in [-0.3, -0.25) is 24.0 Å². The highest BCUT2D eigenvalue weighted by molar-refractivity contribution is 5.99. The number of piperazine rings is 1. The lowest BCUT2D eigenvalue weighted by Gasteiger charge is -2.36. The van der Waals surface area contributed by atoms with Crippen LogP contribution in [0.15, 0.2) is 24.3 Å². The summed E-state index contributed by atoms with van der Waals surface area (Å²) in [5.41, 5.74) is 1.27. The molecule has 0 unspecified atom stereocenters. The fourth-order valence-electron chi connectivity index (χ4n) is 6.86. The zero-order chi connectivity index (χ0) is 40.0. The lowest BCUT2D eigenvalue weighted by atomic mass is 9.93. The van der Waals surface area contributed by atoms with E-state index in [0.29, 0.717) is 43.5 Å². The molecule has 1 aromatic carbocycles. The molecule has 5 amide bonds. The van der Waals surface area contributed by atoms with Gasteiger partial charge in [-0.15, -0.1) is 0 Å². The van der Waals surface area contributed by atoms with Gasteiger partial charge < -0.3 is 44.3 Å². The lowest BCUT2D eigenvalue weighted by molar-refractivity contribution is -0.145. The van der Waals surface area contributed by atoms with E-state index in [2.05, 4.69) is 15.6 Å². The van der Waals surface area contributed by atoms with Crippen LogP contribution in [0.2, 0.25) is 0 Å². The standard InChI is InChI=1S/C40H56N6O10/c1-4-6-21-55-40(52)45-19-17-44(18-20-45)39(51)30(14-15-36(48)54-23-22-53-5-2)43-37(49)32-25-34(29-13-12-27(3)24-31(29)42-32)56-26-35(47)46-16-8-11-33(46)38(50)41-28-9-7-10-28/h12-13,24-25,28,30,33H,4-11,14-23,26H2,1-3H3,(H,41,50)(H,43,49)/t30-,33-/m0/s1. The zero-order valence-corrected chi connectivity index (χ0v) is 32.8. The van der Waals surface area contributed by atoms with Crippen LogP contribution >= 0.6 is 0 Å². The molecule has 306 valence electrons. The SMILES string of the molecule is CCCCOC(=O)N1CCN(C(=O)[C@H](CCC(=O)OCCOCC)NC(=O)c2cc(OCC(=O)N3CCC[C@H]3C(=O)NC3CCC3)c3ccc(C)cc3n2)CC1. The minimum absolute atomic E-state index is 0.0484. The molecule has 16 heteroatoms. The van der Waals surface area contributed by atoms with Crippen LogP contribution in [0, 0.1) is 6.92 Å². The van der Waals surface area contributed by atoms with Gasteiger partial charge in [-0.1, -0.05) is 19.4 Å². The van der Waals surface area contributed by atoms with Crippen molar-refractivity contribution >= 4 is 46.6 Å². The molecule has 1 aromatic heterocycles. The largest absolute Gasteiger partial charge is 0.483 e. The average Bonchev–Trinajstić information content (AvgIpc) is 3.68. The molecular formula is C40H56N6O10. The van der Waals surface area contributed by atoms with Gasteiger partial charge in [0.25, 0.3) is 11.8 Å². The number of carbonyl (C=O) groups is 6. The summed E-state index contributed by atoms with van der Waals surface area (Å²) < 4.78 is 21.9. The van der Waals surface area contributed by atoms with Crippen LogP contribution in [0.4, 0.5) is 4.79 Å². The number of fused-ring (bicyclic) bond motifs is 1. The Hall–Kier alpha value is -4.99. The molecule has 3 fully saturated rings. The molecule has 3 aliphatic rings. The van der Waals surface area contributed by atoms with Crippen molar-refractivity contribution in [3.8, 4) is 5.75 Å². The number of aromatic nitrogens is 1. The third-order valence-corrected chi connectivity index (χ3v) is 10.3. The summed E-state index contributed by atoms with van der Waals surface area (Å²) in [6, 6.07) is 5.37. The molecule has 0 bridgehead atoms. The second kappa shape index (κ2) is 20.8. The smallest absolute Gasteiger partial charge is 0.409 e. The van der Waals surface area contributed by atoms with E-state index in [1.807, 2.05) is 26.8 Å². The molecule has 2 saturated heterocycles. The van der Waals surface area contributed by atoms with Gasteiger partial charge in [-0.25, -0.2) is 9.78 Å². The van der Waals surface area contributed by atoms with Crippen molar-refractivity contribution in [3.63, 3.8) is 0 Å². The molecule has 1 saturated carbocycles. The van der Waals surface area contributed by atoms with Crippen LogP contribution in [-0.2, 0) is 33.4 Å². The van der Waals surface area contributed by atoms with Gasteiger partial charge in [-0.2, -0.15) is 0 Å². The van der Waals surface area contributed by atoms with E-state index in [-0.39, 0.29) is 88.1 Å². The number of carbonyl (C=O) groups excluding carboxylic acids is 6. The van der Waals surface area contributed by atoms with Crippen molar-refractivity contribution in [3.05, 3.63) is 35.5 Å². The number of aryl methyl sites for hydroxylation is 1. The summed E-state index contributed by atoms with van der Waals surface area (Å²) in [7, 11) is 0. The maximum absolute atomic E-state index is 13.9. The highest BCUT2D eigenvalue weighted by Gasteiger charge is 2.36. The Labute approximate surface area is 327 Å². The number of amides is 5. The molecule has 56 heavy (non-hydrogen) atoms. The first-order valence-electron chi connectivity index (χ1n) is 20.0. The summed E-state index contributed by atoms with van der Waals surface area (Å²) in [6.07, 6.45) is 5.30. The number of esters is 1. The van der Waals surface area contributed by atoms with Gasteiger partial charge in [0.15, 0.2) is 6.61 Å². The molecule has 2 atom stereocenters. The summed E-state index contributed by atoms with van der Waals surface area (Å²) in [5, 5.41) is 6.41. The lowest BCUT2D eigenvalue weighted by Crippen LogP contribution is -2.56. The molecule has 2 N–H and O–H groups in total. The number of hydrogen-bond acceptors (Lipinski definition) is 11. The van der Waals surface area contributed by atoms with Crippen LogP contribution in [-0.4, -0.2) is 139 Å². The minimum Gasteiger partial charge on any atom is -0.483 e. The van der Waals surface area contributed by atoms with E-state index < -0.39 is 36.0 Å². The normalized spacial score (nSPS) is 17.6. The quantitative estimate of drug-likeness (QED) is 0.167. The van der Waals surface area contributed by atoms with E-state index in [0.717, 1.165) is 37.7 Å². The molecule has 2 aliphatic heterocycles. The van der Waals surface area contributed by atoms with Gasteiger partial charge in [0.2, 0.25) is 11.8 Å².